The van der Waals surface area contributed by atoms with Crippen molar-refractivity contribution in [3.63, 3.8) is 0 Å². The molecule has 0 spiro atoms. The summed E-state index contributed by atoms with van der Waals surface area (Å²) in [5, 5.41) is 5.42. The average Bonchev–Trinajstić information content (AvgIpc) is 3.27. The Balaban J connectivity index is 1.52. The number of nitrogens with zero attached hydrogens (tertiary/aromatic N) is 2. The quantitative estimate of drug-likeness (QED) is 0.712. The van der Waals surface area contributed by atoms with Gasteiger partial charge >= 0.3 is 11.8 Å². The Kier molecular flexibility index (Phi) is 6.97. The third kappa shape index (κ3) is 5.29. The van der Waals surface area contributed by atoms with E-state index >= 15 is 0 Å². The molecule has 148 valence electrons. The van der Waals surface area contributed by atoms with Crippen molar-refractivity contribution in [3.8, 4) is 5.75 Å². The molecule has 7 heteroatoms. The predicted molar refractivity (Wildman–Crippen MR) is 106 cm³/mol. The number of likely N-dealkylation sites (tertiary alicyclic amines) is 1. The number of ether oxygens (including phenoxy) is 1. The Hall–Kier alpha value is -2.93. The van der Waals surface area contributed by atoms with Gasteiger partial charge in [0.05, 0.1) is 13.2 Å². The molecule has 1 aromatic carbocycles. The number of benzene rings is 1. The number of carbonyl (C=O) groups excluding carboxylic acids is 2. The van der Waals surface area contributed by atoms with Crippen molar-refractivity contribution < 1.29 is 14.3 Å². The molecule has 3 rings (SSSR count). The molecule has 2 aromatic rings. The van der Waals surface area contributed by atoms with Crippen LogP contribution in [0, 0.1) is 0 Å². The molecule has 1 unspecified atom stereocenters. The van der Waals surface area contributed by atoms with E-state index in [2.05, 4.69) is 20.5 Å². The molecular formula is C21H26N4O3. The van der Waals surface area contributed by atoms with Crippen LogP contribution in [0.25, 0.3) is 0 Å². The number of methoxy groups -OCH3 is 1. The lowest BCUT2D eigenvalue weighted by Gasteiger charge is -2.27. The number of hydrogen-bond donors (Lipinski definition) is 2. The van der Waals surface area contributed by atoms with E-state index in [9.17, 15) is 9.59 Å². The first kappa shape index (κ1) is 19.8. The van der Waals surface area contributed by atoms with Gasteiger partial charge in [-0.3, -0.25) is 19.5 Å². The number of amides is 2. The minimum Gasteiger partial charge on any atom is -0.497 e. The van der Waals surface area contributed by atoms with Gasteiger partial charge < -0.3 is 15.4 Å². The molecule has 0 radical (unpaired) electrons. The molecule has 1 atom stereocenters. The van der Waals surface area contributed by atoms with Crippen LogP contribution >= 0.6 is 0 Å². The zero-order valence-corrected chi connectivity index (χ0v) is 16.1. The molecule has 2 amide bonds. The highest BCUT2D eigenvalue weighted by molar-refractivity contribution is 6.35. The molecule has 2 heterocycles. The number of rotatable bonds is 7. The number of carbonyl (C=O) groups is 2. The maximum absolute atomic E-state index is 12.2. The zero-order valence-electron chi connectivity index (χ0n) is 16.1. The highest BCUT2D eigenvalue weighted by Gasteiger charge is 2.25. The van der Waals surface area contributed by atoms with Gasteiger partial charge in [-0.05, 0) is 55.3 Å². The number of pyridine rings is 1. The van der Waals surface area contributed by atoms with Gasteiger partial charge in [-0.25, -0.2) is 0 Å². The van der Waals surface area contributed by atoms with Gasteiger partial charge in [0.15, 0.2) is 0 Å². The minimum atomic E-state index is -0.637. The maximum atomic E-state index is 12.2. The standard InChI is InChI=1S/C21H26N4O3/c1-28-18-8-6-16(7-9-18)13-23-20(26)21(27)24-15-19(25-11-2-3-12-25)17-5-4-10-22-14-17/h4-10,14,19H,2-3,11-13,15H2,1H3,(H,23,26)(H,24,27). The molecule has 1 aromatic heterocycles. The number of hydrogen-bond acceptors (Lipinski definition) is 5. The van der Waals surface area contributed by atoms with Crippen molar-refractivity contribution in [2.45, 2.75) is 25.4 Å². The molecule has 1 saturated heterocycles. The van der Waals surface area contributed by atoms with Crippen LogP contribution in [0.1, 0.15) is 30.0 Å². The van der Waals surface area contributed by atoms with Crippen LogP contribution < -0.4 is 15.4 Å². The Morgan fingerprint density at radius 1 is 1.11 bits per heavy atom. The van der Waals surface area contributed by atoms with Crippen LogP contribution in [0.15, 0.2) is 48.8 Å². The molecule has 7 nitrogen and oxygen atoms in total. The van der Waals surface area contributed by atoms with Gasteiger partial charge in [0, 0.05) is 25.5 Å². The minimum absolute atomic E-state index is 0.0227. The smallest absolute Gasteiger partial charge is 0.309 e. The van der Waals surface area contributed by atoms with E-state index in [1.807, 2.05) is 42.6 Å². The summed E-state index contributed by atoms with van der Waals surface area (Å²) in [7, 11) is 1.60. The van der Waals surface area contributed by atoms with Crippen molar-refractivity contribution >= 4 is 11.8 Å². The molecular weight excluding hydrogens is 356 g/mol. The lowest BCUT2D eigenvalue weighted by atomic mass is 10.1. The summed E-state index contributed by atoms with van der Waals surface area (Å²) in [6.45, 7) is 2.63. The monoisotopic (exact) mass is 382 g/mol. The van der Waals surface area contributed by atoms with Crippen LogP contribution in [-0.2, 0) is 16.1 Å². The Morgan fingerprint density at radius 3 is 2.46 bits per heavy atom. The maximum Gasteiger partial charge on any atom is 0.309 e. The fourth-order valence-corrected chi connectivity index (χ4v) is 3.36. The zero-order chi connectivity index (χ0) is 19.8. The third-order valence-electron chi connectivity index (χ3n) is 4.92. The molecule has 2 N–H and O–H groups in total. The van der Waals surface area contributed by atoms with Crippen LogP contribution in [0.5, 0.6) is 5.75 Å². The summed E-state index contributed by atoms with van der Waals surface area (Å²) in [4.78, 5) is 30.9. The summed E-state index contributed by atoms with van der Waals surface area (Å²) in [6, 6.07) is 11.3. The summed E-state index contributed by atoms with van der Waals surface area (Å²) in [5.74, 6) is -0.514. The molecule has 1 aliphatic rings. The second-order valence-corrected chi connectivity index (χ2v) is 6.79. The second kappa shape index (κ2) is 9.85. The van der Waals surface area contributed by atoms with E-state index in [4.69, 9.17) is 4.74 Å². The van der Waals surface area contributed by atoms with Gasteiger partial charge in [-0.1, -0.05) is 18.2 Å². The molecule has 0 saturated carbocycles. The van der Waals surface area contributed by atoms with Crippen molar-refractivity contribution in [2.24, 2.45) is 0 Å². The summed E-state index contributed by atoms with van der Waals surface area (Å²) in [5.41, 5.74) is 1.94. The number of nitrogens with one attached hydrogen (secondary N) is 2. The van der Waals surface area contributed by atoms with Gasteiger partial charge in [-0.15, -0.1) is 0 Å². The lowest BCUT2D eigenvalue weighted by Crippen LogP contribution is -2.43. The topological polar surface area (TPSA) is 83.6 Å². The summed E-state index contributed by atoms with van der Waals surface area (Å²) >= 11 is 0. The van der Waals surface area contributed by atoms with Gasteiger partial charge in [0.2, 0.25) is 0 Å². The molecule has 28 heavy (non-hydrogen) atoms. The van der Waals surface area contributed by atoms with Crippen LogP contribution in [-0.4, -0.2) is 48.4 Å². The fourth-order valence-electron chi connectivity index (χ4n) is 3.36. The predicted octanol–water partition coefficient (Wildman–Crippen LogP) is 1.66. The molecule has 1 fully saturated rings. The van der Waals surface area contributed by atoms with Gasteiger partial charge in [0.25, 0.3) is 0 Å². The van der Waals surface area contributed by atoms with E-state index in [-0.39, 0.29) is 12.6 Å². The Bertz CT molecular complexity index is 774. The molecule has 0 bridgehead atoms. The van der Waals surface area contributed by atoms with E-state index in [1.54, 1.807) is 13.3 Å². The number of aromatic nitrogens is 1. The van der Waals surface area contributed by atoms with E-state index < -0.39 is 11.8 Å². The first-order valence-corrected chi connectivity index (χ1v) is 9.50. The van der Waals surface area contributed by atoms with Crippen molar-refractivity contribution in [1.82, 2.24) is 20.5 Å². The summed E-state index contributed by atoms with van der Waals surface area (Å²) < 4.78 is 5.11. The highest BCUT2D eigenvalue weighted by Crippen LogP contribution is 2.23. The fraction of sp³-hybridized carbons (Fsp3) is 0.381. The van der Waals surface area contributed by atoms with E-state index in [0.717, 1.165) is 42.8 Å². The largest absolute Gasteiger partial charge is 0.497 e. The Morgan fingerprint density at radius 2 is 1.82 bits per heavy atom. The van der Waals surface area contributed by atoms with E-state index in [1.165, 1.54) is 0 Å². The van der Waals surface area contributed by atoms with Crippen molar-refractivity contribution in [1.29, 1.82) is 0 Å². The first-order chi connectivity index (χ1) is 13.7. The lowest BCUT2D eigenvalue weighted by molar-refractivity contribution is -0.139. The van der Waals surface area contributed by atoms with E-state index in [0.29, 0.717) is 6.54 Å². The molecule has 1 aliphatic heterocycles. The van der Waals surface area contributed by atoms with Crippen LogP contribution in [0.2, 0.25) is 0 Å². The third-order valence-corrected chi connectivity index (χ3v) is 4.92. The Labute approximate surface area is 165 Å². The van der Waals surface area contributed by atoms with Crippen LogP contribution in [0.3, 0.4) is 0 Å². The highest BCUT2D eigenvalue weighted by atomic mass is 16.5. The van der Waals surface area contributed by atoms with Crippen molar-refractivity contribution in [2.75, 3.05) is 26.7 Å². The average molecular weight is 382 g/mol. The normalized spacial score (nSPS) is 15.0. The second-order valence-electron chi connectivity index (χ2n) is 6.79. The first-order valence-electron chi connectivity index (χ1n) is 9.50. The van der Waals surface area contributed by atoms with Gasteiger partial charge in [0.1, 0.15) is 5.75 Å². The van der Waals surface area contributed by atoms with Crippen LogP contribution in [0.4, 0.5) is 0 Å². The summed E-state index contributed by atoms with van der Waals surface area (Å²) in [6.07, 6.45) is 5.84. The van der Waals surface area contributed by atoms with Gasteiger partial charge in [-0.2, -0.15) is 0 Å². The molecule has 0 aliphatic carbocycles. The SMILES string of the molecule is COc1ccc(CNC(=O)C(=O)NCC(c2cccnc2)N2CCCC2)cc1. The van der Waals surface area contributed by atoms with Crippen molar-refractivity contribution in [3.05, 3.63) is 59.9 Å².